The highest BCUT2D eigenvalue weighted by Gasteiger charge is 2.36. The van der Waals surface area contributed by atoms with E-state index >= 15 is 0 Å². The number of carbonyl (C=O) groups is 2. The first-order valence-electron chi connectivity index (χ1n) is 5.20. The van der Waals surface area contributed by atoms with Crippen molar-refractivity contribution < 1.29 is 19.8 Å². The van der Waals surface area contributed by atoms with Crippen LogP contribution in [0.3, 0.4) is 0 Å². The van der Waals surface area contributed by atoms with Crippen LogP contribution in [0.4, 0.5) is 0 Å². The SMILES string of the molecule is CC(C)(C(=O)O)/C(=C\c1ccccc1Cl)C(=O)O. The molecule has 18 heavy (non-hydrogen) atoms. The summed E-state index contributed by atoms with van der Waals surface area (Å²) < 4.78 is 0. The second-order valence-corrected chi connectivity index (χ2v) is 4.72. The lowest BCUT2D eigenvalue weighted by atomic mass is 9.83. The number of carboxylic acids is 2. The maximum absolute atomic E-state index is 11.2. The Morgan fingerprint density at radius 2 is 1.78 bits per heavy atom. The van der Waals surface area contributed by atoms with Crippen LogP contribution in [0, 0.1) is 5.41 Å². The van der Waals surface area contributed by atoms with Gasteiger partial charge in [0, 0.05) is 5.02 Å². The van der Waals surface area contributed by atoms with Crippen molar-refractivity contribution in [3.8, 4) is 0 Å². The topological polar surface area (TPSA) is 74.6 Å². The summed E-state index contributed by atoms with van der Waals surface area (Å²) >= 11 is 5.92. The Kier molecular flexibility index (Phi) is 4.14. The first-order valence-corrected chi connectivity index (χ1v) is 5.58. The lowest BCUT2D eigenvalue weighted by Gasteiger charge is -2.20. The highest BCUT2D eigenvalue weighted by atomic mass is 35.5. The van der Waals surface area contributed by atoms with Gasteiger partial charge in [0.05, 0.1) is 11.0 Å². The predicted molar refractivity (Wildman–Crippen MR) is 68.5 cm³/mol. The highest BCUT2D eigenvalue weighted by molar-refractivity contribution is 6.32. The number of rotatable bonds is 4. The van der Waals surface area contributed by atoms with E-state index in [4.69, 9.17) is 21.8 Å². The molecule has 96 valence electrons. The molecule has 0 aliphatic heterocycles. The summed E-state index contributed by atoms with van der Waals surface area (Å²) in [6.45, 7) is 2.68. The Balaban J connectivity index is 3.35. The number of halogens is 1. The molecule has 0 saturated heterocycles. The number of hydrogen-bond donors (Lipinski definition) is 2. The quantitative estimate of drug-likeness (QED) is 0.824. The Bertz CT molecular complexity index is 517. The Morgan fingerprint density at radius 3 is 2.22 bits per heavy atom. The van der Waals surface area contributed by atoms with Crippen molar-refractivity contribution in [2.75, 3.05) is 0 Å². The van der Waals surface area contributed by atoms with E-state index in [9.17, 15) is 9.59 Å². The summed E-state index contributed by atoms with van der Waals surface area (Å²) in [5, 5.41) is 18.6. The first-order chi connectivity index (χ1) is 8.26. The summed E-state index contributed by atoms with van der Waals surface area (Å²) in [7, 11) is 0. The standard InChI is InChI=1S/C13H13ClO4/c1-13(2,12(17)18)9(11(15)16)7-8-5-3-4-6-10(8)14/h3-7H,1-2H3,(H,15,16)(H,17,18)/b9-7-. The van der Waals surface area contributed by atoms with Gasteiger partial charge in [-0.2, -0.15) is 0 Å². The minimum atomic E-state index is -1.50. The van der Waals surface area contributed by atoms with Crippen molar-refractivity contribution in [2.45, 2.75) is 13.8 Å². The number of hydrogen-bond acceptors (Lipinski definition) is 2. The van der Waals surface area contributed by atoms with E-state index in [1.54, 1.807) is 24.3 Å². The molecule has 2 N–H and O–H groups in total. The average Bonchev–Trinajstić information content (AvgIpc) is 2.26. The van der Waals surface area contributed by atoms with Crippen LogP contribution >= 0.6 is 11.6 Å². The third-order valence-electron chi connectivity index (χ3n) is 2.64. The molecule has 0 aliphatic rings. The number of carboxylic acid groups (broad SMARTS) is 2. The molecule has 0 unspecified atom stereocenters. The molecule has 0 radical (unpaired) electrons. The van der Waals surface area contributed by atoms with Gasteiger partial charge in [0.25, 0.3) is 0 Å². The Morgan fingerprint density at radius 1 is 1.22 bits per heavy atom. The second kappa shape index (κ2) is 5.23. The lowest BCUT2D eigenvalue weighted by Crippen LogP contribution is -2.30. The molecule has 4 nitrogen and oxygen atoms in total. The first kappa shape index (κ1) is 14.3. The minimum Gasteiger partial charge on any atom is -0.481 e. The van der Waals surface area contributed by atoms with Crippen LogP contribution in [0.5, 0.6) is 0 Å². The van der Waals surface area contributed by atoms with E-state index in [2.05, 4.69) is 0 Å². The molecule has 0 amide bonds. The molecule has 0 bridgehead atoms. The molecule has 0 fully saturated rings. The van der Waals surface area contributed by atoms with Crippen LogP contribution in [-0.2, 0) is 9.59 Å². The van der Waals surface area contributed by atoms with Gasteiger partial charge < -0.3 is 10.2 Å². The van der Waals surface area contributed by atoms with Gasteiger partial charge in [0.1, 0.15) is 0 Å². The number of aliphatic carboxylic acids is 2. The zero-order valence-corrected chi connectivity index (χ0v) is 10.7. The maximum atomic E-state index is 11.2. The van der Waals surface area contributed by atoms with E-state index in [1.807, 2.05) is 0 Å². The van der Waals surface area contributed by atoms with Crippen LogP contribution in [0.15, 0.2) is 29.8 Å². The van der Waals surface area contributed by atoms with E-state index in [-0.39, 0.29) is 5.57 Å². The van der Waals surface area contributed by atoms with Crippen LogP contribution in [-0.4, -0.2) is 22.2 Å². The summed E-state index contributed by atoms with van der Waals surface area (Å²) in [6, 6.07) is 6.65. The van der Waals surface area contributed by atoms with Gasteiger partial charge in [0.2, 0.25) is 0 Å². The van der Waals surface area contributed by atoms with Gasteiger partial charge in [-0.05, 0) is 31.6 Å². The van der Waals surface area contributed by atoms with Crippen molar-refractivity contribution in [3.63, 3.8) is 0 Å². The normalized spacial score (nSPS) is 12.3. The lowest BCUT2D eigenvalue weighted by molar-refractivity contribution is -0.148. The van der Waals surface area contributed by atoms with Gasteiger partial charge in [-0.15, -0.1) is 0 Å². The molecule has 0 aromatic heterocycles. The highest BCUT2D eigenvalue weighted by Crippen LogP contribution is 2.30. The smallest absolute Gasteiger partial charge is 0.332 e. The summed E-state index contributed by atoms with van der Waals surface area (Å²) in [4.78, 5) is 22.3. The van der Waals surface area contributed by atoms with Crippen LogP contribution in [0.1, 0.15) is 19.4 Å². The van der Waals surface area contributed by atoms with Gasteiger partial charge in [0.15, 0.2) is 0 Å². The van der Waals surface area contributed by atoms with E-state index < -0.39 is 17.4 Å². The molecule has 0 atom stereocenters. The Hall–Kier alpha value is -1.81. The molecular formula is C13H13ClO4. The molecule has 1 rings (SSSR count). The zero-order chi connectivity index (χ0) is 13.9. The zero-order valence-electron chi connectivity index (χ0n) is 9.98. The van der Waals surface area contributed by atoms with Gasteiger partial charge in [-0.25, -0.2) is 4.79 Å². The van der Waals surface area contributed by atoms with Crippen molar-refractivity contribution >= 4 is 29.6 Å². The fourth-order valence-electron chi connectivity index (χ4n) is 1.37. The van der Waals surface area contributed by atoms with Crippen LogP contribution in [0.2, 0.25) is 5.02 Å². The van der Waals surface area contributed by atoms with Crippen molar-refractivity contribution in [1.82, 2.24) is 0 Å². The fraction of sp³-hybridized carbons (Fsp3) is 0.231. The largest absolute Gasteiger partial charge is 0.481 e. The predicted octanol–water partition coefficient (Wildman–Crippen LogP) is 2.92. The molecule has 0 saturated carbocycles. The van der Waals surface area contributed by atoms with Crippen molar-refractivity contribution in [2.24, 2.45) is 5.41 Å². The summed E-state index contributed by atoms with van der Waals surface area (Å²) in [5.41, 5.74) is -1.24. The van der Waals surface area contributed by atoms with Gasteiger partial charge >= 0.3 is 11.9 Å². The molecule has 1 aromatic carbocycles. The minimum absolute atomic E-state index is 0.219. The monoisotopic (exact) mass is 268 g/mol. The molecular weight excluding hydrogens is 256 g/mol. The van der Waals surface area contributed by atoms with Crippen molar-refractivity contribution in [1.29, 1.82) is 0 Å². The number of benzene rings is 1. The van der Waals surface area contributed by atoms with Crippen molar-refractivity contribution in [3.05, 3.63) is 40.4 Å². The molecule has 0 spiro atoms. The van der Waals surface area contributed by atoms with Crippen LogP contribution in [0.25, 0.3) is 6.08 Å². The third-order valence-corrected chi connectivity index (χ3v) is 2.99. The average molecular weight is 269 g/mol. The van der Waals surface area contributed by atoms with E-state index in [1.165, 1.54) is 19.9 Å². The third kappa shape index (κ3) is 2.90. The second-order valence-electron chi connectivity index (χ2n) is 4.31. The Labute approximate surface area is 110 Å². The molecule has 5 heteroatoms. The molecule has 0 aliphatic carbocycles. The molecule has 0 heterocycles. The van der Waals surface area contributed by atoms with E-state index in [0.29, 0.717) is 10.6 Å². The van der Waals surface area contributed by atoms with Gasteiger partial charge in [-0.3, -0.25) is 4.79 Å². The van der Waals surface area contributed by atoms with E-state index in [0.717, 1.165) is 0 Å². The summed E-state index contributed by atoms with van der Waals surface area (Å²) in [6.07, 6.45) is 1.29. The molecule has 1 aromatic rings. The maximum Gasteiger partial charge on any atom is 0.332 e. The van der Waals surface area contributed by atoms with Gasteiger partial charge in [-0.1, -0.05) is 29.8 Å². The fourth-order valence-corrected chi connectivity index (χ4v) is 1.56. The van der Waals surface area contributed by atoms with Crippen LogP contribution < -0.4 is 0 Å². The summed E-state index contributed by atoms with van der Waals surface area (Å²) in [5.74, 6) is -2.48.